The van der Waals surface area contributed by atoms with E-state index in [1.165, 1.54) is 16.9 Å². The van der Waals surface area contributed by atoms with Crippen LogP contribution >= 0.6 is 11.3 Å². The Morgan fingerprint density at radius 2 is 2.21 bits per heavy atom. The summed E-state index contributed by atoms with van der Waals surface area (Å²) < 4.78 is 0. The molecule has 0 aromatic carbocycles. The molecule has 0 saturated heterocycles. The molecule has 3 nitrogen and oxygen atoms in total. The Morgan fingerprint density at radius 3 is 3.00 bits per heavy atom. The lowest BCUT2D eigenvalue weighted by Crippen LogP contribution is -2.41. The predicted octanol–water partition coefficient (Wildman–Crippen LogP) is 2.83. The lowest BCUT2D eigenvalue weighted by molar-refractivity contribution is -0.126. The van der Waals surface area contributed by atoms with E-state index in [0.717, 1.165) is 32.1 Å². The molecule has 2 rings (SSSR count). The molecule has 1 aromatic rings. The fraction of sp³-hybridized carbons (Fsp3) is 0.667. The average Bonchev–Trinajstić information content (AvgIpc) is 2.76. The summed E-state index contributed by atoms with van der Waals surface area (Å²) in [5.74, 6) is 0.150. The van der Waals surface area contributed by atoms with Crippen LogP contribution in [0.15, 0.2) is 11.4 Å². The van der Waals surface area contributed by atoms with E-state index in [-0.39, 0.29) is 17.9 Å². The van der Waals surface area contributed by atoms with Crippen molar-refractivity contribution in [1.29, 1.82) is 0 Å². The van der Waals surface area contributed by atoms with Crippen LogP contribution < -0.4 is 11.1 Å². The average molecular weight is 280 g/mol. The highest BCUT2D eigenvalue weighted by atomic mass is 32.1. The third-order valence-corrected chi connectivity index (χ3v) is 5.01. The molecule has 1 aliphatic rings. The zero-order valence-corrected chi connectivity index (χ0v) is 12.5. The number of nitrogens with two attached hydrogens (primary N) is 1. The number of thiophene rings is 1. The maximum absolute atomic E-state index is 12.3. The van der Waals surface area contributed by atoms with E-state index < -0.39 is 0 Å². The zero-order chi connectivity index (χ0) is 13.7. The molecule has 3 N–H and O–H groups in total. The maximum atomic E-state index is 12.3. The van der Waals surface area contributed by atoms with Crippen LogP contribution in [0.5, 0.6) is 0 Å². The SMILES string of the molecule is CCc1ccsc1CNC(=O)C1CCCCCC1N. The maximum Gasteiger partial charge on any atom is 0.224 e. The van der Waals surface area contributed by atoms with E-state index >= 15 is 0 Å². The molecule has 0 radical (unpaired) electrons. The van der Waals surface area contributed by atoms with Gasteiger partial charge in [-0.05, 0) is 36.3 Å². The largest absolute Gasteiger partial charge is 0.351 e. The minimum absolute atomic E-state index is 0.00698. The molecule has 106 valence electrons. The van der Waals surface area contributed by atoms with Gasteiger partial charge >= 0.3 is 0 Å². The summed E-state index contributed by atoms with van der Waals surface area (Å²) in [5, 5.41) is 5.17. The lowest BCUT2D eigenvalue weighted by Gasteiger charge is -2.20. The molecule has 0 spiro atoms. The number of hydrogen-bond acceptors (Lipinski definition) is 3. The second-order valence-corrected chi connectivity index (χ2v) is 6.35. The van der Waals surface area contributed by atoms with E-state index in [4.69, 9.17) is 5.73 Å². The first-order valence-electron chi connectivity index (χ1n) is 7.31. The van der Waals surface area contributed by atoms with Gasteiger partial charge < -0.3 is 11.1 Å². The standard InChI is InChI=1S/C15H24N2OS/c1-2-11-8-9-19-14(11)10-17-15(18)12-6-4-3-5-7-13(12)16/h8-9,12-13H,2-7,10,16H2,1H3,(H,17,18). The molecule has 1 fully saturated rings. The number of nitrogens with one attached hydrogen (secondary N) is 1. The Balaban J connectivity index is 1.89. The van der Waals surface area contributed by atoms with Crippen molar-refractivity contribution >= 4 is 17.2 Å². The molecule has 1 aromatic heterocycles. The van der Waals surface area contributed by atoms with Gasteiger partial charge in [0, 0.05) is 10.9 Å². The Hall–Kier alpha value is -0.870. The molecule has 1 amide bonds. The smallest absolute Gasteiger partial charge is 0.224 e. The number of rotatable bonds is 4. The molecule has 1 aliphatic carbocycles. The summed E-state index contributed by atoms with van der Waals surface area (Å²) in [6.45, 7) is 2.80. The van der Waals surface area contributed by atoms with Crippen LogP contribution in [-0.4, -0.2) is 11.9 Å². The summed E-state index contributed by atoms with van der Waals surface area (Å²) in [5.41, 5.74) is 7.47. The summed E-state index contributed by atoms with van der Waals surface area (Å²) in [6, 6.07) is 2.18. The molecule has 1 heterocycles. The van der Waals surface area contributed by atoms with Gasteiger partial charge in [-0.1, -0.05) is 26.2 Å². The first-order valence-corrected chi connectivity index (χ1v) is 8.19. The Morgan fingerprint density at radius 1 is 1.42 bits per heavy atom. The van der Waals surface area contributed by atoms with Gasteiger partial charge in [-0.3, -0.25) is 4.79 Å². The van der Waals surface area contributed by atoms with Crippen molar-refractivity contribution in [3.8, 4) is 0 Å². The third-order valence-electron chi connectivity index (χ3n) is 4.05. The monoisotopic (exact) mass is 280 g/mol. The molecule has 4 heteroatoms. The topological polar surface area (TPSA) is 55.1 Å². The van der Waals surface area contributed by atoms with Crippen molar-refractivity contribution in [3.63, 3.8) is 0 Å². The Kier molecular flexibility index (Phi) is 5.40. The van der Waals surface area contributed by atoms with E-state index in [1.54, 1.807) is 11.3 Å². The fourth-order valence-electron chi connectivity index (χ4n) is 2.80. The summed E-state index contributed by atoms with van der Waals surface area (Å²) in [7, 11) is 0. The van der Waals surface area contributed by atoms with Gasteiger partial charge in [0.15, 0.2) is 0 Å². The van der Waals surface area contributed by atoms with E-state index in [9.17, 15) is 4.79 Å². The first-order chi connectivity index (χ1) is 9.22. The number of aryl methyl sites for hydroxylation is 1. The van der Waals surface area contributed by atoms with E-state index in [0.29, 0.717) is 6.54 Å². The van der Waals surface area contributed by atoms with Crippen LogP contribution in [0.4, 0.5) is 0 Å². The summed E-state index contributed by atoms with van der Waals surface area (Å²) in [6.07, 6.45) is 6.45. The summed E-state index contributed by atoms with van der Waals surface area (Å²) in [4.78, 5) is 13.5. The third kappa shape index (κ3) is 3.80. The van der Waals surface area contributed by atoms with Crippen LogP contribution in [0.3, 0.4) is 0 Å². The Labute approximate surface area is 119 Å². The lowest BCUT2D eigenvalue weighted by atomic mass is 9.94. The van der Waals surface area contributed by atoms with Crippen molar-refractivity contribution in [1.82, 2.24) is 5.32 Å². The number of carbonyl (C=O) groups excluding carboxylic acids is 1. The molecule has 2 unspecified atom stereocenters. The van der Waals surface area contributed by atoms with E-state index in [2.05, 4.69) is 23.7 Å². The molecule has 0 aliphatic heterocycles. The number of hydrogen-bond donors (Lipinski definition) is 2. The zero-order valence-electron chi connectivity index (χ0n) is 11.7. The second kappa shape index (κ2) is 7.06. The van der Waals surface area contributed by atoms with Crippen molar-refractivity contribution in [2.45, 2.75) is 58.0 Å². The highest BCUT2D eigenvalue weighted by molar-refractivity contribution is 7.10. The predicted molar refractivity (Wildman–Crippen MR) is 80.1 cm³/mol. The van der Waals surface area contributed by atoms with Crippen LogP contribution in [0.2, 0.25) is 0 Å². The molecule has 2 atom stereocenters. The first kappa shape index (κ1) is 14.5. The highest BCUT2D eigenvalue weighted by Gasteiger charge is 2.26. The van der Waals surface area contributed by atoms with Gasteiger partial charge in [-0.15, -0.1) is 11.3 Å². The molecular weight excluding hydrogens is 256 g/mol. The van der Waals surface area contributed by atoms with Gasteiger partial charge in [-0.2, -0.15) is 0 Å². The van der Waals surface area contributed by atoms with Gasteiger partial charge in [0.05, 0.1) is 12.5 Å². The normalized spacial score (nSPS) is 23.9. The minimum Gasteiger partial charge on any atom is -0.351 e. The van der Waals surface area contributed by atoms with Crippen LogP contribution in [-0.2, 0) is 17.8 Å². The molecular formula is C15H24N2OS. The van der Waals surface area contributed by atoms with Gasteiger partial charge in [-0.25, -0.2) is 0 Å². The van der Waals surface area contributed by atoms with Crippen molar-refractivity contribution in [3.05, 3.63) is 21.9 Å². The number of amides is 1. The van der Waals surface area contributed by atoms with Crippen molar-refractivity contribution < 1.29 is 4.79 Å². The molecule has 0 bridgehead atoms. The number of carbonyl (C=O) groups is 1. The fourth-order valence-corrected chi connectivity index (χ4v) is 3.71. The summed E-state index contributed by atoms with van der Waals surface area (Å²) >= 11 is 1.72. The quantitative estimate of drug-likeness (QED) is 0.833. The highest BCUT2D eigenvalue weighted by Crippen LogP contribution is 2.23. The Bertz CT molecular complexity index is 416. The van der Waals surface area contributed by atoms with E-state index in [1.807, 2.05) is 0 Å². The van der Waals surface area contributed by atoms with Crippen LogP contribution in [0.25, 0.3) is 0 Å². The van der Waals surface area contributed by atoms with Gasteiger partial charge in [0.25, 0.3) is 0 Å². The van der Waals surface area contributed by atoms with Crippen LogP contribution in [0, 0.1) is 5.92 Å². The van der Waals surface area contributed by atoms with Gasteiger partial charge in [0.2, 0.25) is 5.91 Å². The second-order valence-electron chi connectivity index (χ2n) is 5.35. The molecule has 19 heavy (non-hydrogen) atoms. The van der Waals surface area contributed by atoms with Crippen LogP contribution in [0.1, 0.15) is 49.5 Å². The van der Waals surface area contributed by atoms with Gasteiger partial charge in [0.1, 0.15) is 0 Å². The minimum atomic E-state index is 0.00698. The molecule has 1 saturated carbocycles. The van der Waals surface area contributed by atoms with Crippen molar-refractivity contribution in [2.75, 3.05) is 0 Å². The van der Waals surface area contributed by atoms with Crippen molar-refractivity contribution in [2.24, 2.45) is 11.7 Å².